The molecule has 1 N–H and O–H groups in total. The van der Waals surface area contributed by atoms with Crippen LogP contribution >= 0.6 is 11.8 Å². The Morgan fingerprint density at radius 1 is 1.13 bits per heavy atom. The molecule has 0 bridgehead atoms. The van der Waals surface area contributed by atoms with E-state index < -0.39 is 16.6 Å². The Morgan fingerprint density at radius 3 is 2.48 bits per heavy atom. The van der Waals surface area contributed by atoms with Crippen LogP contribution < -0.4 is 0 Å². The summed E-state index contributed by atoms with van der Waals surface area (Å²) in [6, 6.07) is 10.1. The van der Waals surface area contributed by atoms with Crippen LogP contribution in [-0.2, 0) is 9.59 Å². The lowest BCUT2D eigenvalue weighted by atomic mass is 9.96. The summed E-state index contributed by atoms with van der Waals surface area (Å²) in [6.07, 6.45) is 5.38. The largest absolute Gasteiger partial charge is 0.481 e. The zero-order chi connectivity index (χ0) is 16.3. The van der Waals surface area contributed by atoms with E-state index in [1.807, 2.05) is 35.2 Å². The van der Waals surface area contributed by atoms with E-state index in [4.69, 9.17) is 0 Å². The predicted octanol–water partition coefficient (Wildman–Crippen LogP) is 3.41. The summed E-state index contributed by atoms with van der Waals surface area (Å²) in [4.78, 5) is 27.4. The molecule has 1 atom stereocenters. The molecule has 1 saturated heterocycles. The summed E-state index contributed by atoms with van der Waals surface area (Å²) >= 11 is 1.67. The van der Waals surface area contributed by atoms with E-state index in [9.17, 15) is 14.7 Å². The minimum absolute atomic E-state index is 0.148. The van der Waals surface area contributed by atoms with E-state index in [-0.39, 0.29) is 5.91 Å². The summed E-state index contributed by atoms with van der Waals surface area (Å²) < 4.78 is -0.401. The molecule has 0 spiro atoms. The number of rotatable bonds is 4. The van der Waals surface area contributed by atoms with Crippen molar-refractivity contribution in [3.8, 4) is 0 Å². The number of likely N-dealkylation sites (tertiary alicyclic amines) is 1. The first kappa shape index (κ1) is 16.4. The van der Waals surface area contributed by atoms with Gasteiger partial charge in [-0.1, -0.05) is 31.0 Å². The van der Waals surface area contributed by atoms with Crippen LogP contribution in [0.2, 0.25) is 0 Å². The first-order chi connectivity index (χ1) is 11.1. The number of carbonyl (C=O) groups is 2. The van der Waals surface area contributed by atoms with E-state index in [2.05, 4.69) is 0 Å². The Bertz CT molecular complexity index is 569. The van der Waals surface area contributed by atoms with Crippen LogP contribution in [0.25, 0.3) is 0 Å². The molecule has 1 aromatic rings. The molecule has 0 radical (unpaired) electrons. The van der Waals surface area contributed by atoms with E-state index in [1.165, 1.54) is 0 Å². The molecular weight excluding hydrogens is 310 g/mol. The number of nitrogens with zero attached hydrogens (tertiary/aromatic N) is 1. The molecule has 5 heteroatoms. The third kappa shape index (κ3) is 3.55. The van der Waals surface area contributed by atoms with Crippen LogP contribution in [0.3, 0.4) is 0 Å². The number of carboxylic acid groups (broad SMARTS) is 1. The molecule has 124 valence electrons. The minimum Gasteiger partial charge on any atom is -0.481 e. The number of amides is 1. The van der Waals surface area contributed by atoms with Gasteiger partial charge in [-0.05, 0) is 37.8 Å². The number of carbonyl (C=O) groups excluding carboxylic acids is 1. The van der Waals surface area contributed by atoms with Gasteiger partial charge >= 0.3 is 5.97 Å². The lowest BCUT2D eigenvalue weighted by molar-refractivity contribution is -0.146. The highest BCUT2D eigenvalue weighted by atomic mass is 32.2. The van der Waals surface area contributed by atoms with Crippen molar-refractivity contribution in [2.75, 3.05) is 13.1 Å². The molecule has 2 aliphatic rings. The molecule has 4 nitrogen and oxygen atoms in total. The molecule has 1 saturated carbocycles. The highest BCUT2D eigenvalue weighted by Crippen LogP contribution is 2.46. The quantitative estimate of drug-likeness (QED) is 0.917. The molecular formula is C18H23NO3S. The number of hydrogen-bond acceptors (Lipinski definition) is 3. The summed E-state index contributed by atoms with van der Waals surface area (Å²) in [7, 11) is 0. The monoisotopic (exact) mass is 333 g/mol. The fourth-order valence-corrected chi connectivity index (χ4v) is 5.12. The fourth-order valence-electron chi connectivity index (χ4n) is 3.67. The number of carboxylic acids is 1. The van der Waals surface area contributed by atoms with Crippen molar-refractivity contribution in [3.05, 3.63) is 30.3 Å². The van der Waals surface area contributed by atoms with Crippen molar-refractivity contribution in [1.29, 1.82) is 0 Å². The first-order valence-corrected chi connectivity index (χ1v) is 9.19. The van der Waals surface area contributed by atoms with Crippen LogP contribution in [0.1, 0.15) is 38.5 Å². The third-order valence-corrected chi connectivity index (χ3v) is 6.40. The van der Waals surface area contributed by atoms with E-state index in [0.717, 1.165) is 37.0 Å². The SMILES string of the molecule is O=C(O)C1CCCN(C(=O)C2(Sc3ccccc3)CCCC2)C1. The second-order valence-corrected chi connectivity index (χ2v) is 8.00. The molecule has 23 heavy (non-hydrogen) atoms. The average Bonchev–Trinajstić information content (AvgIpc) is 3.05. The standard InChI is InChI=1S/C18H23NO3S/c20-16(21)14-7-6-12-19(13-14)17(22)18(10-4-5-11-18)23-15-8-2-1-3-9-15/h1-3,8-9,14H,4-7,10-13H2,(H,20,21). The third-order valence-electron chi connectivity index (χ3n) is 4.92. The van der Waals surface area contributed by atoms with Crippen molar-refractivity contribution < 1.29 is 14.7 Å². The van der Waals surface area contributed by atoms with Gasteiger partial charge in [-0.25, -0.2) is 0 Å². The molecule has 1 aliphatic carbocycles. The summed E-state index contributed by atoms with van der Waals surface area (Å²) in [5, 5.41) is 9.26. The predicted molar refractivity (Wildman–Crippen MR) is 90.4 cm³/mol. The zero-order valence-corrected chi connectivity index (χ0v) is 14.1. The molecule has 1 amide bonds. The van der Waals surface area contributed by atoms with Crippen molar-refractivity contribution in [2.45, 2.75) is 48.2 Å². The van der Waals surface area contributed by atoms with Crippen molar-refractivity contribution in [3.63, 3.8) is 0 Å². The van der Waals surface area contributed by atoms with Gasteiger partial charge in [0, 0.05) is 18.0 Å². The van der Waals surface area contributed by atoms with Crippen LogP contribution in [0.5, 0.6) is 0 Å². The van der Waals surface area contributed by atoms with Gasteiger partial charge in [-0.15, -0.1) is 11.8 Å². The fraction of sp³-hybridized carbons (Fsp3) is 0.556. The lowest BCUT2D eigenvalue weighted by Crippen LogP contribution is -2.50. The van der Waals surface area contributed by atoms with Crippen LogP contribution in [0.4, 0.5) is 0 Å². The minimum atomic E-state index is -0.779. The molecule has 1 aromatic carbocycles. The molecule has 0 aromatic heterocycles. The number of hydrogen-bond donors (Lipinski definition) is 1. The first-order valence-electron chi connectivity index (χ1n) is 8.37. The zero-order valence-electron chi connectivity index (χ0n) is 13.2. The Labute approximate surface area is 141 Å². The van der Waals surface area contributed by atoms with Crippen LogP contribution in [0.15, 0.2) is 35.2 Å². The van der Waals surface area contributed by atoms with E-state index in [0.29, 0.717) is 19.5 Å². The van der Waals surface area contributed by atoms with Gasteiger partial charge in [-0.3, -0.25) is 9.59 Å². The Hall–Kier alpha value is -1.49. The van der Waals surface area contributed by atoms with Gasteiger partial charge in [-0.2, -0.15) is 0 Å². The van der Waals surface area contributed by atoms with Gasteiger partial charge in [0.1, 0.15) is 0 Å². The molecule has 3 rings (SSSR count). The Kier molecular flexibility index (Phi) is 4.95. The highest BCUT2D eigenvalue weighted by molar-refractivity contribution is 8.01. The summed E-state index contributed by atoms with van der Waals surface area (Å²) in [6.45, 7) is 1.06. The molecule has 1 aliphatic heterocycles. The molecule has 2 fully saturated rings. The second kappa shape index (κ2) is 6.95. The Morgan fingerprint density at radius 2 is 1.83 bits per heavy atom. The van der Waals surface area contributed by atoms with Gasteiger partial charge in [0.15, 0.2) is 0 Å². The Balaban J connectivity index is 1.77. The summed E-state index contributed by atoms with van der Waals surface area (Å²) in [5.74, 6) is -1.04. The smallest absolute Gasteiger partial charge is 0.308 e. The number of aliphatic carboxylic acids is 1. The normalized spacial score (nSPS) is 23.7. The van der Waals surface area contributed by atoms with E-state index in [1.54, 1.807) is 11.8 Å². The maximum Gasteiger partial charge on any atom is 0.308 e. The van der Waals surface area contributed by atoms with Gasteiger partial charge in [0.05, 0.1) is 10.7 Å². The topological polar surface area (TPSA) is 57.6 Å². The lowest BCUT2D eigenvalue weighted by Gasteiger charge is -2.37. The molecule has 1 heterocycles. The molecule has 1 unspecified atom stereocenters. The second-order valence-electron chi connectivity index (χ2n) is 6.55. The van der Waals surface area contributed by atoms with Gasteiger partial charge in [0.25, 0.3) is 0 Å². The highest BCUT2D eigenvalue weighted by Gasteiger charge is 2.45. The summed E-state index contributed by atoms with van der Waals surface area (Å²) in [5.41, 5.74) is 0. The number of thioether (sulfide) groups is 1. The number of benzene rings is 1. The number of piperidine rings is 1. The van der Waals surface area contributed by atoms with Crippen molar-refractivity contribution in [2.24, 2.45) is 5.92 Å². The van der Waals surface area contributed by atoms with Crippen molar-refractivity contribution in [1.82, 2.24) is 4.90 Å². The van der Waals surface area contributed by atoms with Gasteiger partial charge in [0.2, 0.25) is 5.91 Å². The maximum absolute atomic E-state index is 13.2. The average molecular weight is 333 g/mol. The van der Waals surface area contributed by atoms with Crippen LogP contribution in [0, 0.1) is 5.92 Å². The van der Waals surface area contributed by atoms with Gasteiger partial charge < -0.3 is 10.0 Å². The maximum atomic E-state index is 13.2. The van der Waals surface area contributed by atoms with Crippen LogP contribution in [-0.4, -0.2) is 39.7 Å². The van der Waals surface area contributed by atoms with Crippen molar-refractivity contribution >= 4 is 23.6 Å². The van der Waals surface area contributed by atoms with E-state index >= 15 is 0 Å².